The summed E-state index contributed by atoms with van der Waals surface area (Å²) in [6.45, 7) is 0. The monoisotopic (exact) mass is 384 g/mol. The summed E-state index contributed by atoms with van der Waals surface area (Å²) in [6.07, 6.45) is 0. The molecule has 0 fully saturated rings. The molecule has 0 unspecified atom stereocenters. The Labute approximate surface area is 167 Å². The largest absolute Gasteiger partial charge is 0.396 e. The SMILES string of the molecule is Nc1cccc(C2(c3cccc(N)c3F)c3ccccc3-c3ccccc32)c1F. The fraction of sp³-hybridized carbons (Fsp3) is 0.0400. The molecule has 1 aliphatic carbocycles. The summed E-state index contributed by atoms with van der Waals surface area (Å²) in [5, 5.41) is 0. The van der Waals surface area contributed by atoms with Gasteiger partial charge in [0.15, 0.2) is 11.6 Å². The molecule has 0 atom stereocenters. The van der Waals surface area contributed by atoms with Gasteiger partial charge in [-0.15, -0.1) is 0 Å². The first kappa shape index (κ1) is 17.4. The van der Waals surface area contributed by atoms with Gasteiger partial charge in [-0.1, -0.05) is 72.8 Å². The van der Waals surface area contributed by atoms with Gasteiger partial charge in [-0.2, -0.15) is 0 Å². The van der Waals surface area contributed by atoms with E-state index in [1.807, 2.05) is 48.5 Å². The van der Waals surface area contributed by atoms with Gasteiger partial charge in [-0.25, -0.2) is 8.78 Å². The normalized spacial score (nSPS) is 13.7. The van der Waals surface area contributed by atoms with Gasteiger partial charge in [0.1, 0.15) is 0 Å². The molecule has 4 heteroatoms. The van der Waals surface area contributed by atoms with Crippen LogP contribution < -0.4 is 11.5 Å². The highest BCUT2D eigenvalue weighted by molar-refractivity contribution is 5.86. The van der Waals surface area contributed by atoms with E-state index in [4.69, 9.17) is 11.5 Å². The minimum Gasteiger partial charge on any atom is -0.396 e. The van der Waals surface area contributed by atoms with E-state index in [0.29, 0.717) is 11.1 Å². The van der Waals surface area contributed by atoms with Crippen molar-refractivity contribution in [1.82, 2.24) is 0 Å². The van der Waals surface area contributed by atoms with Crippen molar-refractivity contribution in [1.29, 1.82) is 0 Å². The van der Waals surface area contributed by atoms with E-state index in [9.17, 15) is 0 Å². The van der Waals surface area contributed by atoms with Crippen LogP contribution in [0.5, 0.6) is 0 Å². The number of rotatable bonds is 2. The number of anilines is 2. The van der Waals surface area contributed by atoms with E-state index < -0.39 is 17.0 Å². The van der Waals surface area contributed by atoms with Gasteiger partial charge in [-0.3, -0.25) is 0 Å². The smallest absolute Gasteiger partial charge is 0.150 e. The fourth-order valence-electron chi connectivity index (χ4n) is 4.64. The number of benzene rings is 4. The maximum Gasteiger partial charge on any atom is 0.150 e. The Bertz CT molecular complexity index is 1160. The van der Waals surface area contributed by atoms with Crippen molar-refractivity contribution in [2.45, 2.75) is 5.41 Å². The van der Waals surface area contributed by atoms with Gasteiger partial charge in [0.05, 0.1) is 16.8 Å². The quantitative estimate of drug-likeness (QED) is 0.395. The third-order valence-electron chi connectivity index (χ3n) is 5.82. The maximum absolute atomic E-state index is 15.5. The molecule has 1 aliphatic rings. The zero-order valence-corrected chi connectivity index (χ0v) is 15.5. The van der Waals surface area contributed by atoms with Crippen LogP contribution in [0.2, 0.25) is 0 Å². The topological polar surface area (TPSA) is 52.0 Å². The molecule has 0 amide bonds. The highest BCUT2D eigenvalue weighted by atomic mass is 19.1. The molecule has 0 radical (unpaired) electrons. The second-order valence-corrected chi connectivity index (χ2v) is 7.26. The molecule has 4 aromatic carbocycles. The first-order chi connectivity index (χ1) is 14.1. The fourth-order valence-corrected chi connectivity index (χ4v) is 4.64. The second-order valence-electron chi connectivity index (χ2n) is 7.26. The van der Waals surface area contributed by atoms with E-state index >= 15 is 8.78 Å². The molecule has 0 spiro atoms. The molecule has 4 N–H and O–H groups in total. The number of hydrogen-bond donors (Lipinski definition) is 2. The van der Waals surface area contributed by atoms with E-state index in [0.717, 1.165) is 22.3 Å². The summed E-state index contributed by atoms with van der Waals surface area (Å²) in [5.74, 6) is -1.11. The van der Waals surface area contributed by atoms with Crippen LogP contribution in [0.15, 0.2) is 84.9 Å². The van der Waals surface area contributed by atoms with Crippen LogP contribution in [0.4, 0.5) is 20.2 Å². The average Bonchev–Trinajstić information content (AvgIpc) is 3.04. The highest BCUT2D eigenvalue weighted by Crippen LogP contribution is 2.57. The number of nitrogens with two attached hydrogens (primary N) is 2. The molecule has 2 nitrogen and oxygen atoms in total. The van der Waals surface area contributed by atoms with Crippen LogP contribution in [-0.4, -0.2) is 0 Å². The van der Waals surface area contributed by atoms with Gasteiger partial charge >= 0.3 is 0 Å². The predicted molar refractivity (Wildman–Crippen MR) is 112 cm³/mol. The van der Waals surface area contributed by atoms with Crippen LogP contribution in [0.1, 0.15) is 22.3 Å². The minimum absolute atomic E-state index is 0.0213. The average molecular weight is 384 g/mol. The Morgan fingerprint density at radius 2 is 0.862 bits per heavy atom. The lowest BCUT2D eigenvalue weighted by molar-refractivity contribution is 0.559. The van der Waals surface area contributed by atoms with E-state index in [-0.39, 0.29) is 11.4 Å². The number of halogens is 2. The van der Waals surface area contributed by atoms with Crippen LogP contribution in [0, 0.1) is 11.6 Å². The summed E-state index contributed by atoms with van der Waals surface area (Å²) >= 11 is 0. The summed E-state index contributed by atoms with van der Waals surface area (Å²) < 4.78 is 31.1. The Morgan fingerprint density at radius 3 is 1.31 bits per heavy atom. The van der Waals surface area contributed by atoms with Gasteiger partial charge in [0.25, 0.3) is 0 Å². The molecule has 4 aromatic rings. The molecule has 5 rings (SSSR count). The second kappa shape index (κ2) is 6.17. The van der Waals surface area contributed by atoms with Crippen molar-refractivity contribution in [3.05, 3.63) is 119 Å². The summed E-state index contributed by atoms with van der Waals surface area (Å²) in [5.41, 5.74) is 14.8. The van der Waals surface area contributed by atoms with Crippen molar-refractivity contribution >= 4 is 11.4 Å². The first-order valence-electron chi connectivity index (χ1n) is 9.35. The van der Waals surface area contributed by atoms with Crippen molar-refractivity contribution < 1.29 is 8.78 Å². The molecule has 0 saturated carbocycles. The number of nitrogen functional groups attached to an aromatic ring is 2. The molecule has 29 heavy (non-hydrogen) atoms. The molecule has 0 bridgehead atoms. The van der Waals surface area contributed by atoms with Crippen LogP contribution >= 0.6 is 0 Å². The summed E-state index contributed by atoms with van der Waals surface area (Å²) in [7, 11) is 0. The zero-order valence-electron chi connectivity index (χ0n) is 15.5. The number of fused-ring (bicyclic) bond motifs is 3. The van der Waals surface area contributed by atoms with E-state index in [1.54, 1.807) is 24.3 Å². The Morgan fingerprint density at radius 1 is 0.483 bits per heavy atom. The molecule has 0 saturated heterocycles. The van der Waals surface area contributed by atoms with Crippen molar-refractivity contribution in [3.8, 4) is 11.1 Å². The lowest BCUT2D eigenvalue weighted by Crippen LogP contribution is -2.31. The molecule has 142 valence electrons. The highest BCUT2D eigenvalue weighted by Gasteiger charge is 2.49. The zero-order chi connectivity index (χ0) is 20.2. The molecule has 0 aromatic heterocycles. The molecule has 0 heterocycles. The Hall–Kier alpha value is -3.66. The number of hydrogen-bond acceptors (Lipinski definition) is 2. The van der Waals surface area contributed by atoms with Crippen molar-refractivity contribution in [2.75, 3.05) is 11.5 Å². The van der Waals surface area contributed by atoms with Crippen LogP contribution in [-0.2, 0) is 5.41 Å². The van der Waals surface area contributed by atoms with Gasteiger partial charge in [0, 0.05) is 11.1 Å². The van der Waals surface area contributed by atoms with Crippen molar-refractivity contribution in [3.63, 3.8) is 0 Å². The van der Waals surface area contributed by atoms with Crippen LogP contribution in [0.25, 0.3) is 11.1 Å². The summed E-state index contributed by atoms with van der Waals surface area (Å²) in [6, 6.07) is 25.2. The van der Waals surface area contributed by atoms with Crippen molar-refractivity contribution in [2.24, 2.45) is 0 Å². The lowest BCUT2D eigenvalue weighted by atomic mass is 9.67. The van der Waals surface area contributed by atoms with Crippen LogP contribution in [0.3, 0.4) is 0 Å². The van der Waals surface area contributed by atoms with E-state index in [2.05, 4.69) is 0 Å². The molecular weight excluding hydrogens is 366 g/mol. The van der Waals surface area contributed by atoms with Gasteiger partial charge in [0.2, 0.25) is 0 Å². The molecule has 0 aliphatic heterocycles. The minimum atomic E-state index is -1.20. The third kappa shape index (κ3) is 2.20. The first-order valence-corrected chi connectivity index (χ1v) is 9.35. The van der Waals surface area contributed by atoms with Gasteiger partial charge in [-0.05, 0) is 34.4 Å². The lowest BCUT2D eigenvalue weighted by Gasteiger charge is -2.34. The summed E-state index contributed by atoms with van der Waals surface area (Å²) in [4.78, 5) is 0. The Balaban J connectivity index is 2.04. The predicted octanol–water partition coefficient (Wildman–Crippen LogP) is 5.49. The third-order valence-corrected chi connectivity index (χ3v) is 5.82. The van der Waals surface area contributed by atoms with Gasteiger partial charge < -0.3 is 11.5 Å². The van der Waals surface area contributed by atoms with E-state index in [1.165, 1.54) is 12.1 Å². The molecular formula is C25H18F2N2. The maximum atomic E-state index is 15.5. The Kier molecular flexibility index (Phi) is 3.71. The standard InChI is InChI=1S/C25H18F2N2/c26-23-19(11-5-13-21(23)28)25(20-12-6-14-22(29)24(20)27)17-9-3-1-7-15(17)16-8-2-4-10-18(16)25/h1-14H,28-29H2.